The molecule has 12 heteroatoms. The SMILES string of the molecule is COC(=O)NC(C)C(C)C(OO)C1CC2(O)C(C)C3C4(O)COC4C[C@H](C)[C@@]3(C)C(=O)C(O)C(=C1C)C2(C)C.[Ac].[Ac]. The molecule has 41 heavy (non-hydrogen) atoms. The van der Waals surface area contributed by atoms with E-state index in [2.05, 4.69) is 5.32 Å². The van der Waals surface area contributed by atoms with Crippen LogP contribution in [0.1, 0.15) is 68.2 Å². The summed E-state index contributed by atoms with van der Waals surface area (Å²) in [5, 5.41) is 49.4. The molecule has 12 atom stereocenters. The van der Waals surface area contributed by atoms with Crippen molar-refractivity contribution >= 4 is 11.9 Å². The molecule has 2 radical (unpaired) electrons. The van der Waals surface area contributed by atoms with Crippen LogP contribution in [0.5, 0.6) is 0 Å². The molecular weight excluding hydrogens is 960 g/mol. The molecule has 10 unspecified atom stereocenters. The van der Waals surface area contributed by atoms with E-state index in [-0.39, 0.29) is 113 Å². The first-order chi connectivity index (χ1) is 17.9. The van der Waals surface area contributed by atoms with E-state index < -0.39 is 76.2 Å². The van der Waals surface area contributed by atoms with Gasteiger partial charge < -0.3 is 30.1 Å². The number of carbonyl (C=O) groups excluding carboxylic acids is 2. The van der Waals surface area contributed by atoms with Crippen LogP contribution in [0.25, 0.3) is 0 Å². The van der Waals surface area contributed by atoms with Gasteiger partial charge in [-0.05, 0) is 44.1 Å². The van der Waals surface area contributed by atoms with E-state index in [1.54, 1.807) is 6.92 Å². The average molecular weight is 1010 g/mol. The van der Waals surface area contributed by atoms with E-state index in [1.165, 1.54) is 7.11 Å². The Kier molecular flexibility index (Phi) is 12.4. The average Bonchev–Trinajstić information content (AvgIpc) is 2.87. The monoisotopic (exact) mass is 1010 g/mol. The third kappa shape index (κ3) is 5.55. The molecule has 2 bridgehead atoms. The number of amides is 1. The molecule has 4 rings (SSSR count). The van der Waals surface area contributed by atoms with Crippen molar-refractivity contribution in [3.63, 3.8) is 0 Å². The van der Waals surface area contributed by atoms with Crippen molar-refractivity contribution in [2.45, 2.75) is 104 Å². The molecule has 0 aromatic rings. The van der Waals surface area contributed by atoms with Gasteiger partial charge >= 0.3 is 6.09 Å². The minimum absolute atomic E-state index is 0. The number of hydrogen-bond donors (Lipinski definition) is 5. The first-order valence-corrected chi connectivity index (χ1v) is 14.1. The first-order valence-electron chi connectivity index (χ1n) is 14.1. The maximum atomic E-state index is 14.3. The maximum Gasteiger partial charge on any atom is 0.407 e. The summed E-state index contributed by atoms with van der Waals surface area (Å²) < 4.78 is 10.5. The molecule has 1 aliphatic heterocycles. The van der Waals surface area contributed by atoms with Gasteiger partial charge in [-0.25, -0.2) is 9.68 Å². The van der Waals surface area contributed by atoms with E-state index in [9.17, 15) is 30.2 Å². The molecule has 1 saturated heterocycles. The fraction of sp³-hybridized carbons (Fsp3) is 0.862. The number of Topliss-reactive ketones (excluding diaryl/α,β-unsaturated/α-hetero) is 1. The minimum atomic E-state index is -1.52. The molecule has 2 saturated carbocycles. The number of methoxy groups -OCH3 is 1. The van der Waals surface area contributed by atoms with Crippen molar-refractivity contribution in [2.75, 3.05) is 13.7 Å². The van der Waals surface area contributed by atoms with Gasteiger partial charge in [-0.2, -0.15) is 0 Å². The van der Waals surface area contributed by atoms with Gasteiger partial charge in [0.2, 0.25) is 0 Å². The molecule has 10 nitrogen and oxygen atoms in total. The summed E-state index contributed by atoms with van der Waals surface area (Å²) in [5.41, 5.74) is -3.86. The summed E-state index contributed by atoms with van der Waals surface area (Å²) >= 11 is 0. The Hall–Kier alpha value is 1.32. The zero-order valence-electron chi connectivity index (χ0n) is 25.8. The molecule has 0 aromatic heterocycles. The van der Waals surface area contributed by atoms with Crippen LogP contribution in [0.15, 0.2) is 11.1 Å². The van der Waals surface area contributed by atoms with E-state index in [0.717, 1.165) is 0 Å². The molecule has 228 valence electrons. The van der Waals surface area contributed by atoms with Crippen molar-refractivity contribution in [3.8, 4) is 0 Å². The third-order valence-corrected chi connectivity index (χ3v) is 11.8. The summed E-state index contributed by atoms with van der Waals surface area (Å²) in [6.07, 6.45) is -2.83. The molecule has 3 fully saturated rings. The zero-order chi connectivity index (χ0) is 29.5. The van der Waals surface area contributed by atoms with Crippen molar-refractivity contribution in [1.29, 1.82) is 0 Å². The van der Waals surface area contributed by atoms with Gasteiger partial charge in [0.05, 0.1) is 25.4 Å². The number of alkyl carbamates (subject to hydrolysis) is 1. The Labute approximate surface area is 315 Å². The smallest absolute Gasteiger partial charge is 0.407 e. The number of aliphatic hydroxyl groups excluding tert-OH is 1. The molecule has 3 aliphatic carbocycles. The number of nitrogens with one attached hydrogen (secondary N) is 1. The topological polar surface area (TPSA) is 155 Å². The van der Waals surface area contributed by atoms with Crippen molar-refractivity contribution in [2.24, 2.45) is 40.4 Å². The second-order valence-corrected chi connectivity index (χ2v) is 13.6. The number of aliphatic hydroxyl groups is 3. The van der Waals surface area contributed by atoms with Gasteiger partial charge in [0.25, 0.3) is 0 Å². The van der Waals surface area contributed by atoms with Gasteiger partial charge in [-0.1, -0.05) is 47.1 Å². The van der Waals surface area contributed by atoms with Gasteiger partial charge in [0, 0.05) is 123 Å². The molecule has 4 aliphatic rings. The first kappa shape index (κ1) is 38.5. The standard InChI is InChI=1S/C29H47NO9.2Ac/c1-13-10-19-28(34,12-38-19)23-16(4)29(35)11-18(22(39-36)14(2)17(5)30-25(33)37-9)15(3)20(26(29,6)7)21(31)24(32)27(13,23)8;;/h13-14,16-19,21-23,31,34-36H,10-12H2,1-9H3,(H,30,33);;/t13-,14?,16?,17?,18?,19?,21?,22?,23?,27+,28?,29?;;/m0../s1. The molecule has 1 amide bonds. The number of ketones is 1. The van der Waals surface area contributed by atoms with Gasteiger partial charge in [-0.3, -0.25) is 10.1 Å². The Morgan fingerprint density at radius 3 is 2.22 bits per heavy atom. The minimum Gasteiger partial charge on any atom is -0.453 e. The summed E-state index contributed by atoms with van der Waals surface area (Å²) in [6.45, 7) is 14.8. The van der Waals surface area contributed by atoms with E-state index in [1.807, 2.05) is 48.5 Å². The number of carbonyl (C=O) groups is 2. The van der Waals surface area contributed by atoms with Crippen molar-refractivity contribution in [3.05, 3.63) is 11.1 Å². The third-order valence-electron chi connectivity index (χ3n) is 11.8. The summed E-state index contributed by atoms with van der Waals surface area (Å²) in [4.78, 5) is 31.3. The number of rotatable bonds is 5. The molecule has 1 heterocycles. The Bertz CT molecular complexity index is 1060. The van der Waals surface area contributed by atoms with E-state index >= 15 is 0 Å². The van der Waals surface area contributed by atoms with Crippen LogP contribution in [0.2, 0.25) is 0 Å². The summed E-state index contributed by atoms with van der Waals surface area (Å²) in [6, 6.07) is -0.471. The number of ether oxygens (including phenoxy) is 2. The Morgan fingerprint density at radius 2 is 1.73 bits per heavy atom. The van der Waals surface area contributed by atoms with E-state index in [4.69, 9.17) is 14.4 Å². The molecular formula is C29H47Ac2NO9. The fourth-order valence-corrected chi connectivity index (χ4v) is 8.92. The van der Waals surface area contributed by atoms with Gasteiger partial charge in [0.15, 0.2) is 5.78 Å². The maximum absolute atomic E-state index is 14.3. The number of hydrogen-bond acceptors (Lipinski definition) is 9. The normalized spacial score (nSPS) is 43.3. The van der Waals surface area contributed by atoms with Crippen LogP contribution in [0.4, 0.5) is 4.79 Å². The van der Waals surface area contributed by atoms with Crippen LogP contribution >= 0.6 is 0 Å². The fourth-order valence-electron chi connectivity index (χ4n) is 8.92. The number of fused-ring (bicyclic) bond motifs is 5. The van der Waals surface area contributed by atoms with Crippen LogP contribution in [-0.2, 0) is 19.2 Å². The Morgan fingerprint density at radius 1 is 1.15 bits per heavy atom. The van der Waals surface area contributed by atoms with Crippen LogP contribution in [0.3, 0.4) is 0 Å². The summed E-state index contributed by atoms with van der Waals surface area (Å²) in [7, 11) is 1.26. The second kappa shape index (κ2) is 13.2. The second-order valence-electron chi connectivity index (χ2n) is 13.6. The largest absolute Gasteiger partial charge is 0.453 e. The quantitative estimate of drug-likeness (QED) is 0.159. The van der Waals surface area contributed by atoms with E-state index in [0.29, 0.717) is 17.6 Å². The van der Waals surface area contributed by atoms with Crippen LogP contribution < -0.4 is 5.32 Å². The predicted octanol–water partition coefficient (Wildman–Crippen LogP) is 2.69. The van der Waals surface area contributed by atoms with Crippen molar-refractivity contribution < 1.29 is 133 Å². The van der Waals surface area contributed by atoms with Crippen LogP contribution in [-0.4, -0.2) is 81.7 Å². The molecule has 5 N–H and O–H groups in total. The predicted molar refractivity (Wildman–Crippen MR) is 141 cm³/mol. The summed E-state index contributed by atoms with van der Waals surface area (Å²) in [5.74, 6) is -2.87. The van der Waals surface area contributed by atoms with Crippen LogP contribution in [0, 0.1) is 129 Å². The molecule has 0 aromatic carbocycles. The zero-order valence-corrected chi connectivity index (χ0v) is 35.3. The van der Waals surface area contributed by atoms with Gasteiger partial charge in [0.1, 0.15) is 17.8 Å². The van der Waals surface area contributed by atoms with Gasteiger partial charge in [-0.15, -0.1) is 0 Å². The Balaban J connectivity index is 0.00000294. The van der Waals surface area contributed by atoms with Crippen molar-refractivity contribution in [1.82, 2.24) is 5.32 Å². The molecule has 0 spiro atoms.